The highest BCUT2D eigenvalue weighted by atomic mass is 15.2. The highest BCUT2D eigenvalue weighted by Gasteiger charge is 2.27. The van der Waals surface area contributed by atoms with E-state index in [0.717, 1.165) is 12.5 Å². The van der Waals surface area contributed by atoms with Crippen LogP contribution in [0.4, 0.5) is 0 Å². The fraction of sp³-hybridized carbons (Fsp3) is 0.647. The lowest BCUT2D eigenvalue weighted by Crippen LogP contribution is -2.32. The Kier molecular flexibility index (Phi) is 5.00. The van der Waals surface area contributed by atoms with Gasteiger partial charge < -0.3 is 5.73 Å². The average Bonchev–Trinajstić information content (AvgIpc) is 2.83. The number of nitrogens with zero attached hydrogens (tertiary/aromatic N) is 1. The van der Waals surface area contributed by atoms with Crippen LogP contribution in [0.25, 0.3) is 0 Å². The molecule has 0 aliphatic carbocycles. The number of hydrogen-bond acceptors (Lipinski definition) is 2. The Balaban J connectivity index is 2.09. The fourth-order valence-corrected chi connectivity index (χ4v) is 3.26. The third kappa shape index (κ3) is 3.37. The maximum absolute atomic E-state index is 6.05. The van der Waals surface area contributed by atoms with Crippen molar-refractivity contribution < 1.29 is 0 Å². The van der Waals surface area contributed by atoms with E-state index in [-0.39, 0.29) is 0 Å². The Hall–Kier alpha value is -0.860. The molecule has 1 aliphatic rings. The Morgan fingerprint density at radius 2 is 2.11 bits per heavy atom. The Morgan fingerprint density at radius 3 is 2.74 bits per heavy atom. The van der Waals surface area contributed by atoms with E-state index in [1.54, 1.807) is 0 Å². The van der Waals surface area contributed by atoms with Gasteiger partial charge in [-0.05, 0) is 55.8 Å². The molecule has 1 aromatic rings. The van der Waals surface area contributed by atoms with Crippen molar-refractivity contribution in [2.75, 3.05) is 19.6 Å². The summed E-state index contributed by atoms with van der Waals surface area (Å²) in [6.07, 6.45) is 4.01. The first-order chi connectivity index (χ1) is 9.15. The predicted octanol–water partition coefficient (Wildman–Crippen LogP) is 3.43. The van der Waals surface area contributed by atoms with Crippen LogP contribution in [0, 0.1) is 19.8 Å². The normalized spacial score (nSPS) is 21.8. The van der Waals surface area contributed by atoms with Crippen LogP contribution in [-0.4, -0.2) is 24.5 Å². The van der Waals surface area contributed by atoms with E-state index in [9.17, 15) is 0 Å². The van der Waals surface area contributed by atoms with E-state index in [0.29, 0.717) is 6.04 Å². The van der Waals surface area contributed by atoms with Gasteiger partial charge in [0.25, 0.3) is 0 Å². The van der Waals surface area contributed by atoms with Gasteiger partial charge >= 0.3 is 0 Å². The molecule has 0 aromatic heterocycles. The lowest BCUT2D eigenvalue weighted by atomic mass is 10.00. The zero-order valence-corrected chi connectivity index (χ0v) is 12.7. The third-order valence-corrected chi connectivity index (χ3v) is 4.59. The minimum absolute atomic E-state index is 0.404. The van der Waals surface area contributed by atoms with Gasteiger partial charge in [0, 0.05) is 19.1 Å². The maximum atomic E-state index is 6.05. The molecule has 1 heterocycles. The van der Waals surface area contributed by atoms with Crippen LogP contribution in [0.2, 0.25) is 0 Å². The van der Waals surface area contributed by atoms with Crippen LogP contribution < -0.4 is 5.73 Å². The molecule has 0 spiro atoms. The Bertz CT molecular complexity index is 414. The van der Waals surface area contributed by atoms with Gasteiger partial charge in [-0.15, -0.1) is 0 Å². The summed E-state index contributed by atoms with van der Waals surface area (Å²) in [6.45, 7) is 9.80. The Morgan fingerprint density at radius 1 is 1.32 bits per heavy atom. The molecule has 2 atom stereocenters. The minimum Gasteiger partial charge on any atom is -0.329 e. The first kappa shape index (κ1) is 14.5. The molecule has 1 aromatic carbocycles. The standard InChI is InChI=1S/C17H28N2/c1-4-5-15-8-9-19(12-15)17(11-18)16-7-6-13(2)14(3)10-16/h6-7,10,15,17H,4-5,8-9,11-12,18H2,1-3H3. The zero-order chi connectivity index (χ0) is 13.8. The van der Waals surface area contributed by atoms with E-state index in [1.807, 2.05) is 0 Å². The molecule has 0 amide bonds. The average molecular weight is 260 g/mol. The largest absolute Gasteiger partial charge is 0.329 e. The molecule has 1 aliphatic heterocycles. The number of benzene rings is 1. The minimum atomic E-state index is 0.404. The van der Waals surface area contributed by atoms with Gasteiger partial charge in [-0.3, -0.25) is 4.90 Å². The first-order valence-corrected chi connectivity index (χ1v) is 7.67. The second kappa shape index (κ2) is 6.53. The zero-order valence-electron chi connectivity index (χ0n) is 12.7. The number of rotatable bonds is 5. The van der Waals surface area contributed by atoms with E-state index >= 15 is 0 Å². The molecule has 106 valence electrons. The van der Waals surface area contributed by atoms with Crippen LogP contribution in [0.3, 0.4) is 0 Å². The third-order valence-electron chi connectivity index (χ3n) is 4.59. The summed E-state index contributed by atoms with van der Waals surface area (Å²) >= 11 is 0. The summed E-state index contributed by atoms with van der Waals surface area (Å²) in [5, 5.41) is 0. The summed E-state index contributed by atoms with van der Waals surface area (Å²) in [4.78, 5) is 2.59. The fourth-order valence-electron chi connectivity index (χ4n) is 3.26. The van der Waals surface area contributed by atoms with Gasteiger partial charge in [0.1, 0.15) is 0 Å². The monoisotopic (exact) mass is 260 g/mol. The van der Waals surface area contributed by atoms with E-state index in [4.69, 9.17) is 5.73 Å². The number of aryl methyl sites for hydroxylation is 2. The van der Waals surface area contributed by atoms with Crippen molar-refractivity contribution in [3.63, 3.8) is 0 Å². The number of likely N-dealkylation sites (tertiary alicyclic amines) is 1. The number of hydrogen-bond donors (Lipinski definition) is 1. The van der Waals surface area contributed by atoms with Crippen molar-refractivity contribution in [3.8, 4) is 0 Å². The second-order valence-corrected chi connectivity index (χ2v) is 6.03. The summed E-state index contributed by atoms with van der Waals surface area (Å²) in [5.74, 6) is 0.880. The van der Waals surface area contributed by atoms with Crippen molar-refractivity contribution in [2.45, 2.75) is 46.1 Å². The molecule has 2 rings (SSSR count). The van der Waals surface area contributed by atoms with Gasteiger partial charge in [0.15, 0.2) is 0 Å². The van der Waals surface area contributed by atoms with Crippen LogP contribution >= 0.6 is 0 Å². The van der Waals surface area contributed by atoms with Gasteiger partial charge in [-0.25, -0.2) is 0 Å². The molecule has 1 fully saturated rings. The molecule has 2 unspecified atom stereocenters. The molecule has 0 saturated carbocycles. The second-order valence-electron chi connectivity index (χ2n) is 6.03. The molecule has 0 radical (unpaired) electrons. The summed E-state index contributed by atoms with van der Waals surface area (Å²) in [6, 6.07) is 7.21. The number of nitrogens with two attached hydrogens (primary N) is 1. The first-order valence-electron chi connectivity index (χ1n) is 7.67. The SMILES string of the molecule is CCCC1CCN(C(CN)c2ccc(C)c(C)c2)C1. The predicted molar refractivity (Wildman–Crippen MR) is 82.3 cm³/mol. The summed E-state index contributed by atoms with van der Waals surface area (Å²) in [5.41, 5.74) is 10.2. The van der Waals surface area contributed by atoms with Crippen LogP contribution in [0.5, 0.6) is 0 Å². The molecule has 0 bridgehead atoms. The van der Waals surface area contributed by atoms with Gasteiger partial charge in [-0.2, -0.15) is 0 Å². The molecule has 2 nitrogen and oxygen atoms in total. The van der Waals surface area contributed by atoms with E-state index in [2.05, 4.69) is 43.9 Å². The summed E-state index contributed by atoms with van der Waals surface area (Å²) < 4.78 is 0. The molecule has 1 saturated heterocycles. The highest BCUT2D eigenvalue weighted by Crippen LogP contribution is 2.29. The topological polar surface area (TPSA) is 29.3 Å². The lowest BCUT2D eigenvalue weighted by Gasteiger charge is -2.27. The van der Waals surface area contributed by atoms with Crippen LogP contribution in [0.15, 0.2) is 18.2 Å². The Labute approximate surface area is 118 Å². The smallest absolute Gasteiger partial charge is 0.0470 e. The quantitative estimate of drug-likeness (QED) is 0.879. The lowest BCUT2D eigenvalue weighted by molar-refractivity contribution is 0.239. The maximum Gasteiger partial charge on any atom is 0.0470 e. The van der Waals surface area contributed by atoms with Crippen LogP contribution in [0.1, 0.15) is 48.9 Å². The molecular weight excluding hydrogens is 232 g/mol. The van der Waals surface area contributed by atoms with E-state index in [1.165, 1.54) is 49.0 Å². The van der Waals surface area contributed by atoms with Crippen molar-refractivity contribution in [3.05, 3.63) is 34.9 Å². The molecule has 2 heteroatoms. The van der Waals surface area contributed by atoms with Gasteiger partial charge in [-0.1, -0.05) is 31.5 Å². The summed E-state index contributed by atoms with van der Waals surface area (Å²) in [7, 11) is 0. The van der Waals surface area contributed by atoms with Gasteiger partial charge in [0.2, 0.25) is 0 Å². The molecular formula is C17H28N2. The van der Waals surface area contributed by atoms with Crippen molar-refractivity contribution >= 4 is 0 Å². The van der Waals surface area contributed by atoms with Crippen molar-refractivity contribution in [1.82, 2.24) is 4.90 Å². The molecule has 2 N–H and O–H groups in total. The van der Waals surface area contributed by atoms with Gasteiger partial charge in [0.05, 0.1) is 0 Å². The van der Waals surface area contributed by atoms with Crippen molar-refractivity contribution in [1.29, 1.82) is 0 Å². The van der Waals surface area contributed by atoms with Crippen LogP contribution in [-0.2, 0) is 0 Å². The van der Waals surface area contributed by atoms with E-state index < -0.39 is 0 Å². The van der Waals surface area contributed by atoms with Crippen molar-refractivity contribution in [2.24, 2.45) is 11.7 Å². The highest BCUT2D eigenvalue weighted by molar-refractivity contribution is 5.32. The molecule has 19 heavy (non-hydrogen) atoms.